The van der Waals surface area contributed by atoms with Crippen molar-refractivity contribution in [3.05, 3.63) is 12.2 Å². The Hall–Kier alpha value is -1.24. The molecule has 0 aromatic rings. The standard InChI is InChI=1S/C14H23NO5/c1-9(2)7-8-10(16)11-12(13(17)15(5)18-6)20-14(3,4)19-11/h7-9,11-12H,1-6H3/b8-7+/t11-,12+/m0/s1. The van der Waals surface area contributed by atoms with E-state index >= 15 is 0 Å². The molecule has 0 bridgehead atoms. The molecule has 0 spiro atoms. The molecule has 2 atom stereocenters. The first kappa shape index (κ1) is 16.8. The third-order valence-corrected chi connectivity index (χ3v) is 2.85. The lowest BCUT2D eigenvalue weighted by atomic mass is 10.1. The Kier molecular flexibility index (Phi) is 5.44. The number of carbonyl (C=O) groups excluding carboxylic acids is 2. The molecule has 1 amide bonds. The lowest BCUT2D eigenvalue weighted by Gasteiger charge is -2.20. The summed E-state index contributed by atoms with van der Waals surface area (Å²) in [5, 5.41) is 1.03. The quantitative estimate of drug-likeness (QED) is 0.563. The molecule has 0 aromatic carbocycles. The van der Waals surface area contributed by atoms with E-state index in [2.05, 4.69) is 0 Å². The Labute approximate surface area is 119 Å². The van der Waals surface area contributed by atoms with Crippen LogP contribution in [-0.4, -0.2) is 48.9 Å². The molecule has 20 heavy (non-hydrogen) atoms. The van der Waals surface area contributed by atoms with Crippen molar-refractivity contribution in [1.82, 2.24) is 5.06 Å². The average molecular weight is 285 g/mol. The number of ketones is 1. The van der Waals surface area contributed by atoms with E-state index in [1.807, 2.05) is 13.8 Å². The minimum absolute atomic E-state index is 0.241. The predicted octanol–water partition coefficient (Wildman–Crippen LogP) is 1.31. The van der Waals surface area contributed by atoms with Gasteiger partial charge >= 0.3 is 0 Å². The van der Waals surface area contributed by atoms with Crippen molar-refractivity contribution in [3.63, 3.8) is 0 Å². The van der Waals surface area contributed by atoms with Crippen molar-refractivity contribution in [3.8, 4) is 0 Å². The summed E-state index contributed by atoms with van der Waals surface area (Å²) in [7, 11) is 2.83. The molecular formula is C14H23NO5. The van der Waals surface area contributed by atoms with Crippen molar-refractivity contribution in [2.75, 3.05) is 14.2 Å². The third-order valence-electron chi connectivity index (χ3n) is 2.85. The number of nitrogens with zero attached hydrogens (tertiary/aromatic N) is 1. The fourth-order valence-electron chi connectivity index (χ4n) is 1.80. The summed E-state index contributed by atoms with van der Waals surface area (Å²) in [5.41, 5.74) is 0. The molecule has 0 radical (unpaired) electrons. The molecule has 1 fully saturated rings. The van der Waals surface area contributed by atoms with Crippen LogP contribution in [0.1, 0.15) is 27.7 Å². The van der Waals surface area contributed by atoms with Crippen LogP contribution in [-0.2, 0) is 23.9 Å². The van der Waals surface area contributed by atoms with Gasteiger partial charge in [-0.3, -0.25) is 14.4 Å². The van der Waals surface area contributed by atoms with E-state index in [9.17, 15) is 9.59 Å². The van der Waals surface area contributed by atoms with E-state index in [1.54, 1.807) is 19.9 Å². The van der Waals surface area contributed by atoms with Gasteiger partial charge in [0.05, 0.1) is 7.11 Å². The lowest BCUT2D eigenvalue weighted by Crippen LogP contribution is -2.44. The molecule has 6 heteroatoms. The molecule has 0 unspecified atom stereocenters. The minimum atomic E-state index is -1.00. The number of carbonyl (C=O) groups is 2. The minimum Gasteiger partial charge on any atom is -0.336 e. The zero-order valence-corrected chi connectivity index (χ0v) is 12.9. The highest BCUT2D eigenvalue weighted by Gasteiger charge is 2.49. The summed E-state index contributed by atoms with van der Waals surface area (Å²) in [4.78, 5) is 29.1. The molecule has 0 N–H and O–H groups in total. The van der Waals surface area contributed by atoms with Crippen LogP contribution < -0.4 is 0 Å². The second-order valence-electron chi connectivity index (χ2n) is 5.50. The molecule has 0 aromatic heterocycles. The first-order valence-electron chi connectivity index (χ1n) is 6.57. The first-order valence-corrected chi connectivity index (χ1v) is 6.57. The third kappa shape index (κ3) is 4.13. The molecule has 1 aliphatic rings. The fourth-order valence-corrected chi connectivity index (χ4v) is 1.80. The van der Waals surface area contributed by atoms with E-state index in [4.69, 9.17) is 14.3 Å². The largest absolute Gasteiger partial charge is 0.336 e. The number of hydroxylamine groups is 2. The van der Waals surface area contributed by atoms with Crippen molar-refractivity contribution in [1.29, 1.82) is 0 Å². The molecular weight excluding hydrogens is 262 g/mol. The molecule has 6 nitrogen and oxygen atoms in total. The highest BCUT2D eigenvalue weighted by Crippen LogP contribution is 2.30. The van der Waals surface area contributed by atoms with Crippen LogP contribution in [0.15, 0.2) is 12.2 Å². The lowest BCUT2D eigenvalue weighted by molar-refractivity contribution is -0.187. The fraction of sp³-hybridized carbons (Fsp3) is 0.714. The first-order chi connectivity index (χ1) is 9.18. The zero-order chi connectivity index (χ0) is 15.5. The molecule has 1 saturated heterocycles. The Bertz CT molecular complexity index is 402. The normalized spacial score (nSPS) is 25.4. The van der Waals surface area contributed by atoms with Crippen LogP contribution >= 0.6 is 0 Å². The van der Waals surface area contributed by atoms with Gasteiger partial charge in [-0.05, 0) is 25.8 Å². The highest BCUT2D eigenvalue weighted by atomic mass is 16.8. The van der Waals surface area contributed by atoms with Crippen molar-refractivity contribution < 1.29 is 23.9 Å². The molecule has 1 aliphatic heterocycles. The van der Waals surface area contributed by atoms with Gasteiger partial charge in [-0.25, -0.2) is 5.06 Å². The van der Waals surface area contributed by atoms with Gasteiger partial charge in [-0.1, -0.05) is 19.9 Å². The van der Waals surface area contributed by atoms with E-state index in [1.165, 1.54) is 20.2 Å². The molecule has 0 saturated carbocycles. The monoisotopic (exact) mass is 285 g/mol. The second-order valence-corrected chi connectivity index (χ2v) is 5.50. The summed E-state index contributed by atoms with van der Waals surface area (Å²) in [6.07, 6.45) is 1.25. The number of hydrogen-bond acceptors (Lipinski definition) is 5. The maximum Gasteiger partial charge on any atom is 0.278 e. The van der Waals surface area contributed by atoms with Crippen LogP contribution in [0.5, 0.6) is 0 Å². The topological polar surface area (TPSA) is 65.1 Å². The van der Waals surface area contributed by atoms with Gasteiger partial charge in [0.15, 0.2) is 23.8 Å². The summed E-state index contributed by atoms with van der Waals surface area (Å²) < 4.78 is 11.1. The van der Waals surface area contributed by atoms with Crippen LogP contribution in [0, 0.1) is 5.92 Å². The number of allylic oxidation sites excluding steroid dienone is 1. The average Bonchev–Trinajstić information content (AvgIpc) is 2.70. The predicted molar refractivity (Wildman–Crippen MR) is 72.6 cm³/mol. The maximum absolute atomic E-state index is 12.2. The summed E-state index contributed by atoms with van der Waals surface area (Å²) >= 11 is 0. The number of ether oxygens (including phenoxy) is 2. The Balaban J connectivity index is 2.90. The van der Waals surface area contributed by atoms with Gasteiger partial charge in [-0.2, -0.15) is 0 Å². The van der Waals surface area contributed by atoms with Gasteiger partial charge in [0.1, 0.15) is 0 Å². The smallest absolute Gasteiger partial charge is 0.278 e. The Morgan fingerprint density at radius 1 is 1.25 bits per heavy atom. The zero-order valence-electron chi connectivity index (χ0n) is 12.9. The van der Waals surface area contributed by atoms with Crippen LogP contribution in [0.2, 0.25) is 0 Å². The summed E-state index contributed by atoms with van der Waals surface area (Å²) in [5.74, 6) is -1.48. The molecule has 114 valence electrons. The summed E-state index contributed by atoms with van der Waals surface area (Å²) in [6, 6.07) is 0. The highest BCUT2D eigenvalue weighted by molar-refractivity contribution is 5.98. The van der Waals surface area contributed by atoms with Gasteiger partial charge < -0.3 is 9.47 Å². The van der Waals surface area contributed by atoms with Gasteiger partial charge in [0, 0.05) is 7.05 Å². The molecule has 1 rings (SSSR count). The number of amides is 1. The second kappa shape index (κ2) is 6.47. The van der Waals surface area contributed by atoms with Crippen molar-refractivity contribution >= 4 is 11.7 Å². The Morgan fingerprint density at radius 3 is 2.30 bits per heavy atom. The van der Waals surface area contributed by atoms with Gasteiger partial charge in [0.25, 0.3) is 5.91 Å². The van der Waals surface area contributed by atoms with E-state index < -0.39 is 23.9 Å². The van der Waals surface area contributed by atoms with E-state index in [0.29, 0.717) is 0 Å². The summed E-state index contributed by atoms with van der Waals surface area (Å²) in [6.45, 7) is 7.25. The molecule has 0 aliphatic carbocycles. The maximum atomic E-state index is 12.2. The van der Waals surface area contributed by atoms with Crippen LogP contribution in [0.4, 0.5) is 0 Å². The van der Waals surface area contributed by atoms with Crippen LogP contribution in [0.3, 0.4) is 0 Å². The molecule has 1 heterocycles. The van der Waals surface area contributed by atoms with Crippen molar-refractivity contribution in [2.24, 2.45) is 5.92 Å². The number of likely N-dealkylation sites (N-methyl/N-ethyl adjacent to an activating group) is 1. The van der Waals surface area contributed by atoms with Crippen molar-refractivity contribution in [2.45, 2.75) is 45.7 Å². The number of rotatable bonds is 5. The van der Waals surface area contributed by atoms with E-state index in [0.717, 1.165) is 5.06 Å². The SMILES string of the molecule is CON(C)C(=O)[C@@H]1OC(C)(C)O[C@H]1C(=O)/C=C/C(C)C. The van der Waals surface area contributed by atoms with Crippen LogP contribution in [0.25, 0.3) is 0 Å². The van der Waals surface area contributed by atoms with E-state index in [-0.39, 0.29) is 11.7 Å². The Morgan fingerprint density at radius 2 is 1.80 bits per heavy atom. The van der Waals surface area contributed by atoms with Gasteiger partial charge in [-0.15, -0.1) is 0 Å². The van der Waals surface area contributed by atoms with Gasteiger partial charge in [0.2, 0.25) is 0 Å². The number of hydrogen-bond donors (Lipinski definition) is 0.